The van der Waals surface area contributed by atoms with Crippen LogP contribution in [0.3, 0.4) is 0 Å². The minimum atomic E-state index is -0.754. The molecule has 1 fully saturated rings. The highest BCUT2D eigenvalue weighted by Gasteiger charge is 2.30. The van der Waals surface area contributed by atoms with Gasteiger partial charge in [0.05, 0.1) is 24.7 Å². The van der Waals surface area contributed by atoms with Gasteiger partial charge in [-0.15, -0.1) is 4.91 Å². The molecule has 9 nitrogen and oxygen atoms in total. The summed E-state index contributed by atoms with van der Waals surface area (Å²) in [6.07, 6.45) is 3.30. The first-order valence-corrected chi connectivity index (χ1v) is 12.8. The van der Waals surface area contributed by atoms with E-state index in [1.807, 2.05) is 12.1 Å². The number of benzene rings is 2. The fourth-order valence-electron chi connectivity index (χ4n) is 4.46. The number of hydrogen-bond acceptors (Lipinski definition) is 7. The maximum absolute atomic E-state index is 12.6. The van der Waals surface area contributed by atoms with Crippen molar-refractivity contribution in [3.63, 3.8) is 0 Å². The van der Waals surface area contributed by atoms with Gasteiger partial charge in [0.2, 0.25) is 5.88 Å². The number of nitroso groups, excluding NO2 is 1. The van der Waals surface area contributed by atoms with E-state index in [4.69, 9.17) is 25.8 Å². The predicted molar refractivity (Wildman–Crippen MR) is 140 cm³/mol. The van der Waals surface area contributed by atoms with E-state index in [0.717, 1.165) is 11.3 Å². The summed E-state index contributed by atoms with van der Waals surface area (Å²) < 4.78 is 17.0. The van der Waals surface area contributed by atoms with Gasteiger partial charge in [-0.25, -0.2) is 4.98 Å². The van der Waals surface area contributed by atoms with E-state index < -0.39 is 11.8 Å². The van der Waals surface area contributed by atoms with Gasteiger partial charge in [0.1, 0.15) is 17.2 Å². The lowest BCUT2D eigenvalue weighted by Crippen LogP contribution is -2.25. The highest BCUT2D eigenvalue weighted by Crippen LogP contribution is 2.42. The van der Waals surface area contributed by atoms with Crippen molar-refractivity contribution in [2.45, 2.75) is 37.5 Å². The van der Waals surface area contributed by atoms with Crippen molar-refractivity contribution in [3.05, 3.63) is 80.8 Å². The average molecular weight is 536 g/mol. The number of nitrogens with one attached hydrogen (secondary N) is 1. The normalized spacial score (nSPS) is 16.1. The van der Waals surface area contributed by atoms with Gasteiger partial charge in [0.15, 0.2) is 0 Å². The molecule has 0 unspecified atom stereocenters. The number of halogens is 1. The Labute approximate surface area is 224 Å². The molecule has 5 rings (SSSR count). The van der Waals surface area contributed by atoms with Gasteiger partial charge < -0.3 is 19.5 Å². The van der Waals surface area contributed by atoms with E-state index in [-0.39, 0.29) is 17.5 Å². The van der Waals surface area contributed by atoms with Crippen LogP contribution in [0.1, 0.15) is 58.3 Å². The minimum Gasteiger partial charge on any atom is -0.493 e. The summed E-state index contributed by atoms with van der Waals surface area (Å²) in [4.78, 5) is 39.8. The molecule has 2 heterocycles. The molecule has 0 spiro atoms. The molecular weight excluding hydrogens is 510 g/mol. The molecule has 1 saturated carbocycles. The highest BCUT2D eigenvalue weighted by molar-refractivity contribution is 6.32. The molecule has 0 bridgehead atoms. The average Bonchev–Trinajstić information content (AvgIpc) is 3.79. The van der Waals surface area contributed by atoms with E-state index in [0.29, 0.717) is 59.6 Å². The number of nitrogens with zero attached hydrogens (tertiary/aromatic N) is 2. The number of methoxy groups -OCH3 is 1. The lowest BCUT2D eigenvalue weighted by Gasteiger charge is -2.24. The van der Waals surface area contributed by atoms with E-state index in [1.165, 1.54) is 12.8 Å². The summed E-state index contributed by atoms with van der Waals surface area (Å²) >= 11 is 6.38. The van der Waals surface area contributed by atoms with Crippen LogP contribution in [-0.2, 0) is 11.2 Å². The van der Waals surface area contributed by atoms with Crippen LogP contribution in [0.25, 0.3) is 0 Å². The van der Waals surface area contributed by atoms with Crippen LogP contribution in [0.5, 0.6) is 23.1 Å². The second-order valence-electron chi connectivity index (χ2n) is 9.25. The van der Waals surface area contributed by atoms with Gasteiger partial charge >= 0.3 is 0 Å². The standard InChI is InChI=1S/C28H26ClN3O6/c1-36-28-18(6-9-23(31-28)16-2-3-16)10-12-30-26(33)17-4-7-19(8-5-17)38-25-15-24-21(14-22(25)29)20(11-13-37-24)27(34)32-35/h4-9,14-16,20H,2-3,10-13H2,1H3,(H,30,33)/t20-/m1/s1. The molecule has 1 N–H and O–H groups in total. The van der Waals surface area contributed by atoms with Gasteiger partial charge in [-0.1, -0.05) is 17.7 Å². The molecule has 0 radical (unpaired) electrons. The Hall–Kier alpha value is -3.98. The largest absolute Gasteiger partial charge is 0.493 e. The Balaban J connectivity index is 1.19. The number of carbonyl (C=O) groups excluding carboxylic acids is 2. The molecule has 38 heavy (non-hydrogen) atoms. The predicted octanol–water partition coefficient (Wildman–Crippen LogP) is 5.54. The van der Waals surface area contributed by atoms with Crippen LogP contribution in [0.4, 0.5) is 0 Å². The molecular formula is C28H26ClN3O6. The molecule has 1 aromatic heterocycles. The fraction of sp³-hybridized carbons (Fsp3) is 0.321. The monoisotopic (exact) mass is 535 g/mol. The molecule has 2 amide bonds. The highest BCUT2D eigenvalue weighted by atomic mass is 35.5. The molecule has 1 atom stereocenters. The van der Waals surface area contributed by atoms with E-state index >= 15 is 0 Å². The first-order chi connectivity index (χ1) is 18.5. The molecule has 0 saturated heterocycles. The molecule has 1 aliphatic heterocycles. The Morgan fingerprint density at radius 1 is 1.13 bits per heavy atom. The van der Waals surface area contributed by atoms with Crippen LogP contribution in [0.15, 0.2) is 53.7 Å². The summed E-state index contributed by atoms with van der Waals surface area (Å²) in [7, 11) is 1.61. The maximum Gasteiger partial charge on any atom is 0.294 e. The SMILES string of the molecule is COc1nc(C2CC2)ccc1CCNC(=O)c1ccc(Oc2cc3c(cc2Cl)[C@H](C(=O)N=O)CCO3)cc1. The first kappa shape index (κ1) is 25.7. The smallest absolute Gasteiger partial charge is 0.294 e. The van der Waals surface area contributed by atoms with Gasteiger partial charge in [-0.3, -0.25) is 9.59 Å². The molecule has 1 aliphatic carbocycles. The zero-order chi connectivity index (χ0) is 26.6. The van der Waals surface area contributed by atoms with Crippen LogP contribution in [0, 0.1) is 4.91 Å². The van der Waals surface area contributed by atoms with Gasteiger partial charge in [0.25, 0.3) is 11.8 Å². The molecule has 196 valence electrons. The Kier molecular flexibility index (Phi) is 7.55. The Morgan fingerprint density at radius 2 is 1.92 bits per heavy atom. The number of rotatable bonds is 9. The number of amides is 2. The van der Waals surface area contributed by atoms with Crippen molar-refractivity contribution in [3.8, 4) is 23.1 Å². The van der Waals surface area contributed by atoms with Crippen LogP contribution in [-0.4, -0.2) is 37.1 Å². The number of ether oxygens (including phenoxy) is 3. The number of pyridine rings is 1. The van der Waals surface area contributed by atoms with E-state index in [1.54, 1.807) is 43.5 Å². The zero-order valence-electron chi connectivity index (χ0n) is 20.7. The van der Waals surface area contributed by atoms with Crippen LogP contribution in [0.2, 0.25) is 5.02 Å². The minimum absolute atomic E-state index is 0.210. The van der Waals surface area contributed by atoms with Crippen molar-refractivity contribution >= 4 is 23.4 Å². The lowest BCUT2D eigenvalue weighted by molar-refractivity contribution is -0.119. The third-order valence-electron chi connectivity index (χ3n) is 6.67. The topological polar surface area (TPSA) is 116 Å². The zero-order valence-corrected chi connectivity index (χ0v) is 21.5. The second-order valence-corrected chi connectivity index (χ2v) is 9.66. The third-order valence-corrected chi connectivity index (χ3v) is 6.96. The number of hydrogen-bond donors (Lipinski definition) is 1. The lowest BCUT2D eigenvalue weighted by atomic mass is 9.92. The van der Waals surface area contributed by atoms with Crippen molar-refractivity contribution in [1.82, 2.24) is 10.3 Å². The summed E-state index contributed by atoms with van der Waals surface area (Å²) in [5.74, 6) is 0.720. The van der Waals surface area contributed by atoms with Crippen LogP contribution >= 0.6 is 11.6 Å². The summed E-state index contributed by atoms with van der Waals surface area (Å²) in [5.41, 5.74) is 3.01. The molecule has 2 aromatic carbocycles. The molecule has 10 heteroatoms. The number of fused-ring (bicyclic) bond motifs is 1. The molecule has 2 aliphatic rings. The second kappa shape index (κ2) is 11.2. The van der Waals surface area contributed by atoms with Crippen molar-refractivity contribution in [2.24, 2.45) is 5.18 Å². The third kappa shape index (κ3) is 5.62. The van der Waals surface area contributed by atoms with Gasteiger partial charge in [0, 0.05) is 46.1 Å². The maximum atomic E-state index is 12.6. The number of carbonyl (C=O) groups is 2. The van der Waals surface area contributed by atoms with E-state index in [2.05, 4.69) is 15.5 Å². The van der Waals surface area contributed by atoms with E-state index in [9.17, 15) is 14.5 Å². The van der Waals surface area contributed by atoms with Crippen LogP contribution < -0.4 is 19.5 Å². The van der Waals surface area contributed by atoms with Gasteiger partial charge in [-0.2, -0.15) is 0 Å². The van der Waals surface area contributed by atoms with Crippen molar-refractivity contribution in [1.29, 1.82) is 0 Å². The Morgan fingerprint density at radius 3 is 2.63 bits per heavy atom. The quantitative estimate of drug-likeness (QED) is 0.357. The Bertz CT molecular complexity index is 1370. The van der Waals surface area contributed by atoms with Gasteiger partial charge in [-0.05, 0) is 62.1 Å². The van der Waals surface area contributed by atoms with Crippen molar-refractivity contribution < 1.29 is 23.8 Å². The van der Waals surface area contributed by atoms with Crippen molar-refractivity contribution in [2.75, 3.05) is 20.3 Å². The summed E-state index contributed by atoms with van der Waals surface area (Å²) in [6.45, 7) is 0.713. The first-order valence-electron chi connectivity index (χ1n) is 12.4. The fourth-order valence-corrected chi connectivity index (χ4v) is 4.67. The summed E-state index contributed by atoms with van der Waals surface area (Å²) in [6, 6.07) is 13.8. The molecule has 3 aromatic rings. The summed E-state index contributed by atoms with van der Waals surface area (Å²) in [5, 5.41) is 5.73. The number of aromatic nitrogens is 1.